The standard InChI is InChI=1S/C14H16FN3/c15-11-3-1-4-12(9-11)17-14(10-16)6-8-18-7-2-5-13(14)18/h1,3-4,9,13,17H,2,5-8H2. The van der Waals surface area contributed by atoms with Gasteiger partial charge in [0.15, 0.2) is 0 Å². The smallest absolute Gasteiger partial charge is 0.142 e. The number of fused-ring (bicyclic) bond motifs is 1. The lowest BCUT2D eigenvalue weighted by Crippen LogP contribution is -2.46. The van der Waals surface area contributed by atoms with Crippen molar-refractivity contribution in [1.82, 2.24) is 4.90 Å². The number of nitrogens with one attached hydrogen (secondary N) is 1. The Kier molecular flexibility index (Phi) is 2.71. The van der Waals surface area contributed by atoms with Crippen molar-refractivity contribution in [2.24, 2.45) is 0 Å². The first-order valence-electron chi connectivity index (χ1n) is 6.43. The van der Waals surface area contributed by atoms with E-state index in [-0.39, 0.29) is 11.9 Å². The van der Waals surface area contributed by atoms with Crippen LogP contribution in [0, 0.1) is 17.1 Å². The lowest BCUT2D eigenvalue weighted by molar-refractivity contribution is 0.301. The summed E-state index contributed by atoms with van der Waals surface area (Å²) < 4.78 is 13.2. The molecule has 0 aliphatic carbocycles. The van der Waals surface area contributed by atoms with Crippen LogP contribution in [0.1, 0.15) is 19.3 Å². The molecule has 4 heteroatoms. The molecule has 2 fully saturated rings. The molecule has 3 nitrogen and oxygen atoms in total. The third-order valence-corrected chi connectivity index (χ3v) is 4.12. The van der Waals surface area contributed by atoms with E-state index >= 15 is 0 Å². The Bertz CT molecular complexity index is 496. The summed E-state index contributed by atoms with van der Waals surface area (Å²) in [4.78, 5) is 2.37. The number of nitrogens with zero attached hydrogens (tertiary/aromatic N) is 2. The fraction of sp³-hybridized carbons (Fsp3) is 0.500. The van der Waals surface area contributed by atoms with Crippen molar-refractivity contribution in [3.63, 3.8) is 0 Å². The second kappa shape index (κ2) is 4.25. The van der Waals surface area contributed by atoms with Gasteiger partial charge in [0.25, 0.3) is 0 Å². The zero-order valence-corrected chi connectivity index (χ0v) is 10.2. The minimum absolute atomic E-state index is 0.269. The highest BCUT2D eigenvalue weighted by molar-refractivity contribution is 5.49. The first kappa shape index (κ1) is 11.5. The fourth-order valence-corrected chi connectivity index (χ4v) is 3.27. The van der Waals surface area contributed by atoms with Gasteiger partial charge in [0, 0.05) is 18.3 Å². The number of benzene rings is 1. The predicted octanol–water partition coefficient (Wildman–Crippen LogP) is 2.37. The topological polar surface area (TPSA) is 39.1 Å². The molecule has 1 N–H and O–H groups in total. The molecule has 0 amide bonds. The number of anilines is 1. The average Bonchev–Trinajstić information content (AvgIpc) is 2.93. The molecule has 2 heterocycles. The van der Waals surface area contributed by atoms with E-state index in [9.17, 15) is 9.65 Å². The molecule has 3 rings (SSSR count). The highest BCUT2D eigenvalue weighted by Gasteiger charge is 2.49. The normalized spacial score (nSPS) is 31.0. The maximum Gasteiger partial charge on any atom is 0.142 e. The van der Waals surface area contributed by atoms with Gasteiger partial charge in [0.05, 0.1) is 6.07 Å². The van der Waals surface area contributed by atoms with E-state index in [0.29, 0.717) is 5.69 Å². The van der Waals surface area contributed by atoms with E-state index in [0.717, 1.165) is 32.4 Å². The highest BCUT2D eigenvalue weighted by atomic mass is 19.1. The van der Waals surface area contributed by atoms with Crippen molar-refractivity contribution in [2.75, 3.05) is 18.4 Å². The van der Waals surface area contributed by atoms with Crippen LogP contribution in [0.15, 0.2) is 24.3 Å². The molecule has 1 aromatic carbocycles. The molecule has 2 aliphatic heterocycles. The first-order chi connectivity index (χ1) is 8.73. The van der Waals surface area contributed by atoms with E-state index < -0.39 is 5.54 Å². The molecule has 2 saturated heterocycles. The van der Waals surface area contributed by atoms with Gasteiger partial charge in [-0.05, 0) is 44.0 Å². The van der Waals surface area contributed by atoms with Crippen LogP contribution in [-0.2, 0) is 0 Å². The summed E-state index contributed by atoms with van der Waals surface area (Å²) in [5, 5.41) is 12.8. The summed E-state index contributed by atoms with van der Waals surface area (Å²) in [5.41, 5.74) is 0.148. The van der Waals surface area contributed by atoms with Crippen molar-refractivity contribution in [1.29, 1.82) is 5.26 Å². The van der Waals surface area contributed by atoms with Crippen molar-refractivity contribution in [3.8, 4) is 6.07 Å². The van der Waals surface area contributed by atoms with Crippen molar-refractivity contribution in [3.05, 3.63) is 30.1 Å². The molecule has 2 unspecified atom stereocenters. The molecular weight excluding hydrogens is 229 g/mol. The second-order valence-electron chi connectivity index (χ2n) is 5.16. The third-order valence-electron chi connectivity index (χ3n) is 4.12. The largest absolute Gasteiger partial charge is 0.366 e. The van der Waals surface area contributed by atoms with E-state index in [1.165, 1.54) is 12.1 Å². The monoisotopic (exact) mass is 245 g/mol. The Morgan fingerprint density at radius 1 is 1.44 bits per heavy atom. The summed E-state index contributed by atoms with van der Waals surface area (Å²) in [6, 6.07) is 9.07. The molecule has 0 aromatic heterocycles. The number of nitriles is 1. The summed E-state index contributed by atoms with van der Waals surface area (Å²) in [6.07, 6.45) is 3.01. The molecule has 94 valence electrons. The van der Waals surface area contributed by atoms with E-state index in [1.54, 1.807) is 6.07 Å². The van der Waals surface area contributed by atoms with Gasteiger partial charge < -0.3 is 5.32 Å². The molecule has 0 radical (unpaired) electrons. The lowest BCUT2D eigenvalue weighted by Gasteiger charge is -2.30. The van der Waals surface area contributed by atoms with Crippen molar-refractivity contribution in [2.45, 2.75) is 30.8 Å². The summed E-state index contributed by atoms with van der Waals surface area (Å²) >= 11 is 0. The van der Waals surface area contributed by atoms with Gasteiger partial charge in [0.2, 0.25) is 0 Å². The molecule has 0 spiro atoms. The number of rotatable bonds is 2. The summed E-state index contributed by atoms with van der Waals surface area (Å²) in [5.74, 6) is -0.269. The highest BCUT2D eigenvalue weighted by Crippen LogP contribution is 2.38. The van der Waals surface area contributed by atoms with Gasteiger partial charge in [-0.3, -0.25) is 4.90 Å². The van der Waals surface area contributed by atoms with Gasteiger partial charge in [0.1, 0.15) is 11.4 Å². The predicted molar refractivity (Wildman–Crippen MR) is 67.6 cm³/mol. The van der Waals surface area contributed by atoms with Gasteiger partial charge in [-0.25, -0.2) is 4.39 Å². The van der Waals surface area contributed by atoms with Gasteiger partial charge in [-0.15, -0.1) is 0 Å². The van der Waals surface area contributed by atoms with Crippen LogP contribution in [0.3, 0.4) is 0 Å². The van der Waals surface area contributed by atoms with E-state index in [4.69, 9.17) is 0 Å². The Morgan fingerprint density at radius 2 is 2.33 bits per heavy atom. The number of halogens is 1. The molecule has 2 aliphatic rings. The van der Waals surface area contributed by atoms with Gasteiger partial charge >= 0.3 is 0 Å². The number of hydrogen-bond acceptors (Lipinski definition) is 3. The minimum atomic E-state index is -0.551. The summed E-state index contributed by atoms with van der Waals surface area (Å²) in [7, 11) is 0. The van der Waals surface area contributed by atoms with Crippen LogP contribution < -0.4 is 5.32 Å². The summed E-state index contributed by atoms with van der Waals surface area (Å²) in [6.45, 7) is 2.04. The van der Waals surface area contributed by atoms with Crippen molar-refractivity contribution < 1.29 is 4.39 Å². The maximum absolute atomic E-state index is 13.2. The van der Waals surface area contributed by atoms with Crippen molar-refractivity contribution >= 4 is 5.69 Å². The second-order valence-corrected chi connectivity index (χ2v) is 5.16. The Balaban J connectivity index is 1.87. The zero-order valence-electron chi connectivity index (χ0n) is 10.2. The fourth-order valence-electron chi connectivity index (χ4n) is 3.27. The van der Waals surface area contributed by atoms with Crippen LogP contribution in [-0.4, -0.2) is 29.6 Å². The van der Waals surface area contributed by atoms with E-state index in [2.05, 4.69) is 16.3 Å². The first-order valence-corrected chi connectivity index (χ1v) is 6.43. The van der Waals surface area contributed by atoms with E-state index in [1.807, 2.05) is 6.07 Å². The maximum atomic E-state index is 13.2. The number of hydrogen-bond donors (Lipinski definition) is 1. The Labute approximate surface area is 106 Å². The Morgan fingerprint density at radius 3 is 3.11 bits per heavy atom. The third kappa shape index (κ3) is 1.75. The van der Waals surface area contributed by atoms with Crippen LogP contribution in [0.4, 0.5) is 10.1 Å². The molecule has 1 aromatic rings. The van der Waals surface area contributed by atoms with Crippen LogP contribution in [0.2, 0.25) is 0 Å². The lowest BCUT2D eigenvalue weighted by atomic mass is 9.90. The Hall–Kier alpha value is -1.60. The van der Waals surface area contributed by atoms with Crippen LogP contribution in [0.25, 0.3) is 0 Å². The van der Waals surface area contributed by atoms with Gasteiger partial charge in [-0.1, -0.05) is 6.07 Å². The van der Waals surface area contributed by atoms with Crippen LogP contribution >= 0.6 is 0 Å². The molecule has 2 atom stereocenters. The van der Waals surface area contributed by atoms with Gasteiger partial charge in [-0.2, -0.15) is 5.26 Å². The zero-order chi connectivity index (χ0) is 12.6. The average molecular weight is 245 g/mol. The minimum Gasteiger partial charge on any atom is -0.366 e. The SMILES string of the molecule is N#CC1(Nc2cccc(F)c2)CCN2CCCC21. The van der Waals surface area contributed by atoms with Crippen LogP contribution in [0.5, 0.6) is 0 Å². The molecule has 0 saturated carbocycles. The molecule has 0 bridgehead atoms. The molecule has 18 heavy (non-hydrogen) atoms. The molecular formula is C14H16FN3. The quantitative estimate of drug-likeness (QED) is 0.869.